The second kappa shape index (κ2) is 6.52. The molecule has 0 spiro atoms. The standard InChI is InChI=1S/C15H16ClN3O4S/c16-11-3-1-2-4-12(11)17-15(21)13-5-6-14(20)19(18-13)10-7-8-24(22,23)9-10/h1-4,10H,5-9H2,(H,17,21)/t10-/m0/s1. The molecule has 1 N–H and O–H groups in total. The fourth-order valence-corrected chi connectivity index (χ4v) is 4.62. The molecule has 9 heteroatoms. The van der Waals surface area contributed by atoms with Crippen LogP contribution in [0.1, 0.15) is 19.3 Å². The minimum atomic E-state index is -3.14. The average molecular weight is 370 g/mol. The predicted molar refractivity (Wildman–Crippen MR) is 90.7 cm³/mol. The van der Waals surface area contributed by atoms with Crippen LogP contribution in [0.25, 0.3) is 0 Å². The van der Waals surface area contributed by atoms with E-state index in [0.29, 0.717) is 17.1 Å². The van der Waals surface area contributed by atoms with Gasteiger partial charge >= 0.3 is 0 Å². The number of amides is 2. The van der Waals surface area contributed by atoms with Crippen molar-refractivity contribution in [3.8, 4) is 0 Å². The summed E-state index contributed by atoms with van der Waals surface area (Å²) in [5, 5.41) is 8.34. The first-order valence-corrected chi connectivity index (χ1v) is 9.71. The van der Waals surface area contributed by atoms with Gasteiger partial charge < -0.3 is 5.32 Å². The van der Waals surface area contributed by atoms with Gasteiger partial charge in [-0.3, -0.25) is 9.59 Å². The Kier molecular flexibility index (Phi) is 4.60. The summed E-state index contributed by atoms with van der Waals surface area (Å²) in [7, 11) is -3.14. The van der Waals surface area contributed by atoms with Gasteiger partial charge in [0.15, 0.2) is 9.84 Å². The zero-order chi connectivity index (χ0) is 17.3. The number of halogens is 1. The Morgan fingerprint density at radius 3 is 2.71 bits per heavy atom. The van der Waals surface area contributed by atoms with Gasteiger partial charge in [-0.05, 0) is 18.6 Å². The monoisotopic (exact) mass is 369 g/mol. The molecule has 1 atom stereocenters. The molecule has 0 bridgehead atoms. The lowest BCUT2D eigenvalue weighted by molar-refractivity contribution is -0.133. The van der Waals surface area contributed by atoms with Crippen molar-refractivity contribution in [2.45, 2.75) is 25.3 Å². The van der Waals surface area contributed by atoms with E-state index in [1.54, 1.807) is 24.3 Å². The molecule has 2 aliphatic rings. The Balaban J connectivity index is 1.78. The molecule has 24 heavy (non-hydrogen) atoms. The van der Waals surface area contributed by atoms with Crippen molar-refractivity contribution in [2.75, 3.05) is 16.8 Å². The van der Waals surface area contributed by atoms with Gasteiger partial charge in [0.2, 0.25) is 5.91 Å². The number of carbonyl (C=O) groups is 2. The molecule has 1 aromatic rings. The summed E-state index contributed by atoms with van der Waals surface area (Å²) in [4.78, 5) is 24.4. The zero-order valence-electron chi connectivity index (χ0n) is 12.7. The van der Waals surface area contributed by atoms with Crippen molar-refractivity contribution in [2.24, 2.45) is 5.10 Å². The highest BCUT2D eigenvalue weighted by molar-refractivity contribution is 7.91. The van der Waals surface area contributed by atoms with Crippen LogP contribution in [0, 0.1) is 0 Å². The molecule has 2 aliphatic heterocycles. The number of hydrazone groups is 1. The van der Waals surface area contributed by atoms with Crippen molar-refractivity contribution in [3.63, 3.8) is 0 Å². The number of rotatable bonds is 3. The molecular formula is C15H16ClN3O4S. The van der Waals surface area contributed by atoms with E-state index in [0.717, 1.165) is 5.01 Å². The van der Waals surface area contributed by atoms with Crippen molar-refractivity contribution >= 4 is 44.7 Å². The largest absolute Gasteiger partial charge is 0.320 e. The topological polar surface area (TPSA) is 95.9 Å². The van der Waals surface area contributed by atoms with Crippen LogP contribution in [0.15, 0.2) is 29.4 Å². The zero-order valence-corrected chi connectivity index (χ0v) is 14.3. The van der Waals surface area contributed by atoms with Crippen LogP contribution in [-0.4, -0.2) is 48.5 Å². The van der Waals surface area contributed by atoms with Gasteiger partial charge in [-0.15, -0.1) is 0 Å². The third kappa shape index (κ3) is 3.59. The summed E-state index contributed by atoms with van der Waals surface area (Å²) in [5.74, 6) is -0.771. The molecule has 2 heterocycles. The lowest BCUT2D eigenvalue weighted by Crippen LogP contribution is -2.42. The van der Waals surface area contributed by atoms with Gasteiger partial charge in [-0.2, -0.15) is 5.10 Å². The highest BCUT2D eigenvalue weighted by atomic mass is 35.5. The van der Waals surface area contributed by atoms with Gasteiger partial charge in [0.1, 0.15) is 5.71 Å². The Morgan fingerprint density at radius 1 is 1.29 bits per heavy atom. The molecule has 2 amide bonds. The SMILES string of the molecule is O=C(Nc1ccccc1Cl)C1=NN([C@H]2CCS(=O)(=O)C2)C(=O)CC1. The first-order chi connectivity index (χ1) is 11.4. The number of hydrogen-bond donors (Lipinski definition) is 1. The third-order valence-corrected chi connectivity index (χ3v) is 6.08. The molecule has 0 saturated carbocycles. The van der Waals surface area contributed by atoms with Crippen LogP contribution in [0.2, 0.25) is 5.02 Å². The summed E-state index contributed by atoms with van der Waals surface area (Å²) < 4.78 is 23.2. The summed E-state index contributed by atoms with van der Waals surface area (Å²) in [6.07, 6.45) is 0.688. The molecule has 1 saturated heterocycles. The number of nitrogens with zero attached hydrogens (tertiary/aromatic N) is 2. The van der Waals surface area contributed by atoms with Crippen LogP contribution in [0.4, 0.5) is 5.69 Å². The molecule has 3 rings (SSSR count). The maximum Gasteiger partial charge on any atom is 0.271 e. The van der Waals surface area contributed by atoms with Crippen molar-refractivity contribution < 1.29 is 18.0 Å². The van der Waals surface area contributed by atoms with E-state index in [1.807, 2.05) is 0 Å². The van der Waals surface area contributed by atoms with Crippen LogP contribution >= 0.6 is 11.6 Å². The van der Waals surface area contributed by atoms with E-state index in [1.165, 1.54) is 0 Å². The van der Waals surface area contributed by atoms with Gasteiger partial charge in [-0.1, -0.05) is 23.7 Å². The second-order valence-corrected chi connectivity index (χ2v) is 8.41. The number of sulfone groups is 1. The number of hydrogen-bond acceptors (Lipinski definition) is 5. The number of carbonyl (C=O) groups excluding carboxylic acids is 2. The lowest BCUT2D eigenvalue weighted by atomic mass is 10.1. The minimum absolute atomic E-state index is 0.0398. The molecular weight excluding hydrogens is 354 g/mol. The van der Waals surface area contributed by atoms with Gasteiger partial charge in [0.25, 0.3) is 5.91 Å². The highest BCUT2D eigenvalue weighted by Crippen LogP contribution is 2.24. The second-order valence-electron chi connectivity index (χ2n) is 5.78. The summed E-state index contributed by atoms with van der Waals surface area (Å²) >= 11 is 6.01. The third-order valence-electron chi connectivity index (χ3n) is 4.00. The number of para-hydroxylation sites is 1. The first-order valence-electron chi connectivity index (χ1n) is 7.51. The fraction of sp³-hybridized carbons (Fsp3) is 0.400. The molecule has 0 aromatic heterocycles. The van der Waals surface area contributed by atoms with Crippen LogP contribution in [0.3, 0.4) is 0 Å². The van der Waals surface area contributed by atoms with E-state index in [2.05, 4.69) is 10.4 Å². The van der Waals surface area contributed by atoms with Gasteiger partial charge in [-0.25, -0.2) is 13.4 Å². The van der Waals surface area contributed by atoms with E-state index in [4.69, 9.17) is 11.6 Å². The fourth-order valence-electron chi connectivity index (χ4n) is 2.75. The molecule has 7 nitrogen and oxygen atoms in total. The van der Waals surface area contributed by atoms with E-state index in [9.17, 15) is 18.0 Å². The summed E-state index contributed by atoms with van der Waals surface area (Å²) in [6, 6.07) is 6.31. The highest BCUT2D eigenvalue weighted by Gasteiger charge is 2.37. The molecule has 0 aliphatic carbocycles. The smallest absolute Gasteiger partial charge is 0.271 e. The Hall–Kier alpha value is -1.93. The maximum atomic E-state index is 12.4. The average Bonchev–Trinajstić information content (AvgIpc) is 2.90. The van der Waals surface area contributed by atoms with E-state index in [-0.39, 0.29) is 36.0 Å². The number of benzene rings is 1. The normalized spacial score (nSPS) is 23.0. The van der Waals surface area contributed by atoms with Crippen LogP contribution in [0.5, 0.6) is 0 Å². The molecule has 128 valence electrons. The predicted octanol–water partition coefficient (Wildman–Crippen LogP) is 1.44. The maximum absolute atomic E-state index is 12.4. The van der Waals surface area contributed by atoms with Crippen LogP contribution in [-0.2, 0) is 19.4 Å². The van der Waals surface area contributed by atoms with Gasteiger partial charge in [0.05, 0.1) is 28.3 Å². The summed E-state index contributed by atoms with van der Waals surface area (Å²) in [5.41, 5.74) is 0.651. The van der Waals surface area contributed by atoms with E-state index >= 15 is 0 Å². The van der Waals surface area contributed by atoms with Crippen molar-refractivity contribution in [1.29, 1.82) is 0 Å². The number of nitrogens with one attached hydrogen (secondary N) is 1. The Labute approximate surface area is 144 Å². The Bertz CT molecular complexity index is 822. The minimum Gasteiger partial charge on any atom is -0.320 e. The van der Waals surface area contributed by atoms with Gasteiger partial charge in [0, 0.05) is 12.8 Å². The van der Waals surface area contributed by atoms with Crippen LogP contribution < -0.4 is 5.32 Å². The quantitative estimate of drug-likeness (QED) is 0.872. The van der Waals surface area contributed by atoms with Crippen molar-refractivity contribution in [3.05, 3.63) is 29.3 Å². The molecule has 1 aromatic carbocycles. The molecule has 1 fully saturated rings. The van der Waals surface area contributed by atoms with E-state index < -0.39 is 21.8 Å². The summed E-state index contributed by atoms with van der Waals surface area (Å²) in [6.45, 7) is 0. The molecule has 0 radical (unpaired) electrons. The lowest BCUT2D eigenvalue weighted by Gasteiger charge is -2.27. The Morgan fingerprint density at radius 2 is 2.04 bits per heavy atom. The molecule has 0 unspecified atom stereocenters. The number of anilines is 1. The first kappa shape index (κ1) is 16.9. The van der Waals surface area contributed by atoms with Crippen molar-refractivity contribution in [1.82, 2.24) is 5.01 Å².